The van der Waals surface area contributed by atoms with Gasteiger partial charge < -0.3 is 15.6 Å². The number of anilines is 3. The van der Waals surface area contributed by atoms with Crippen molar-refractivity contribution in [2.45, 2.75) is 0 Å². The molecule has 7 nitrogen and oxygen atoms in total. The van der Waals surface area contributed by atoms with Gasteiger partial charge in [-0.25, -0.2) is 18.5 Å². The summed E-state index contributed by atoms with van der Waals surface area (Å²) in [6.07, 6.45) is 1.58. The van der Waals surface area contributed by atoms with Gasteiger partial charge in [-0.1, -0.05) is 24.9 Å². The van der Waals surface area contributed by atoms with E-state index in [9.17, 15) is 14.0 Å². The monoisotopic (exact) mass is 421 g/mol. The molecule has 0 saturated heterocycles. The number of carbonyl (C=O) groups is 2. The van der Waals surface area contributed by atoms with Crippen LogP contribution in [-0.2, 0) is 0 Å². The van der Waals surface area contributed by atoms with Crippen LogP contribution < -0.4 is 14.9 Å². The van der Waals surface area contributed by atoms with Crippen LogP contribution in [0.4, 0.5) is 26.2 Å². The maximum absolute atomic E-state index is 13.7. The normalized spacial score (nSPS) is 10.6. The molecule has 0 spiro atoms. The molecule has 150 valence electrons. The standard InChI is InChI=1S/C21H16FN5O2S/c22-17-4-2-1-3-16(17)20(28)25-13-5-8-15(9-6-13)27(30)21(29)26-14-7-10-18-19(11-14)24-12-23-18/h1-12,30H,(H,23,24)(H,25,28)(H,26,29). The zero-order chi connectivity index (χ0) is 21.1. The quantitative estimate of drug-likeness (QED) is 0.356. The van der Waals surface area contributed by atoms with E-state index in [1.165, 1.54) is 18.2 Å². The summed E-state index contributed by atoms with van der Waals surface area (Å²) in [6.45, 7) is 0. The number of aromatic nitrogens is 2. The number of urea groups is 1. The summed E-state index contributed by atoms with van der Waals surface area (Å²) in [6, 6.07) is 17.0. The minimum atomic E-state index is -0.599. The molecular weight excluding hydrogens is 405 g/mol. The number of nitrogens with one attached hydrogen (secondary N) is 3. The van der Waals surface area contributed by atoms with E-state index >= 15 is 0 Å². The maximum Gasteiger partial charge on any atom is 0.336 e. The van der Waals surface area contributed by atoms with Gasteiger partial charge in [-0.3, -0.25) is 4.79 Å². The van der Waals surface area contributed by atoms with Gasteiger partial charge in [0.05, 0.1) is 28.6 Å². The first kappa shape index (κ1) is 19.5. The lowest BCUT2D eigenvalue weighted by atomic mass is 10.2. The Morgan fingerprint density at radius 2 is 1.70 bits per heavy atom. The largest absolute Gasteiger partial charge is 0.345 e. The van der Waals surface area contributed by atoms with Crippen molar-refractivity contribution in [1.29, 1.82) is 0 Å². The number of aromatic amines is 1. The number of benzene rings is 3. The summed E-state index contributed by atoms with van der Waals surface area (Å²) in [7, 11) is 0. The zero-order valence-corrected chi connectivity index (χ0v) is 16.4. The van der Waals surface area contributed by atoms with Gasteiger partial charge in [-0.05, 0) is 54.6 Å². The number of hydrogen-bond acceptors (Lipinski definition) is 4. The molecule has 0 fully saturated rings. The van der Waals surface area contributed by atoms with Crippen molar-refractivity contribution >= 4 is 52.8 Å². The van der Waals surface area contributed by atoms with E-state index < -0.39 is 17.8 Å². The van der Waals surface area contributed by atoms with Crippen LogP contribution in [0.3, 0.4) is 0 Å². The molecule has 0 aliphatic rings. The molecular formula is C21H16FN5O2S. The highest BCUT2D eigenvalue weighted by atomic mass is 32.1. The van der Waals surface area contributed by atoms with Gasteiger partial charge in [0.25, 0.3) is 5.91 Å². The third-order valence-electron chi connectivity index (χ3n) is 4.35. The van der Waals surface area contributed by atoms with Crippen LogP contribution in [0, 0.1) is 5.82 Å². The highest BCUT2D eigenvalue weighted by Gasteiger charge is 2.14. The van der Waals surface area contributed by atoms with Gasteiger partial charge in [0.15, 0.2) is 0 Å². The highest BCUT2D eigenvalue weighted by molar-refractivity contribution is 7.82. The summed E-state index contributed by atoms with van der Waals surface area (Å²) in [4.78, 5) is 31.8. The van der Waals surface area contributed by atoms with Crippen LogP contribution in [0.5, 0.6) is 0 Å². The second-order valence-corrected chi connectivity index (χ2v) is 6.76. The fourth-order valence-corrected chi connectivity index (χ4v) is 3.02. The van der Waals surface area contributed by atoms with Gasteiger partial charge >= 0.3 is 6.03 Å². The number of nitrogens with zero attached hydrogens (tertiary/aromatic N) is 2. The number of thiol groups is 1. The number of hydrogen-bond donors (Lipinski definition) is 4. The molecule has 0 bridgehead atoms. The third-order valence-corrected chi connectivity index (χ3v) is 4.77. The average Bonchev–Trinajstić information content (AvgIpc) is 3.22. The Labute approximate surface area is 176 Å². The van der Waals surface area contributed by atoms with Crippen LogP contribution in [0.2, 0.25) is 0 Å². The number of fused-ring (bicyclic) bond motifs is 1. The topological polar surface area (TPSA) is 90.1 Å². The molecule has 1 heterocycles. The summed E-state index contributed by atoms with van der Waals surface area (Å²) < 4.78 is 14.9. The van der Waals surface area contributed by atoms with Gasteiger partial charge in [0.2, 0.25) is 0 Å². The molecule has 1 aromatic heterocycles. The lowest BCUT2D eigenvalue weighted by Gasteiger charge is -2.17. The molecule has 0 radical (unpaired) electrons. The zero-order valence-electron chi connectivity index (χ0n) is 15.5. The lowest BCUT2D eigenvalue weighted by molar-refractivity contribution is 0.102. The fourth-order valence-electron chi connectivity index (χ4n) is 2.83. The minimum Gasteiger partial charge on any atom is -0.345 e. The molecule has 0 aliphatic carbocycles. The van der Waals surface area contributed by atoms with Crippen LogP contribution in [0.25, 0.3) is 11.0 Å². The molecule has 0 saturated carbocycles. The van der Waals surface area contributed by atoms with E-state index in [0.717, 1.165) is 15.3 Å². The van der Waals surface area contributed by atoms with E-state index in [4.69, 9.17) is 0 Å². The number of H-pyrrole nitrogens is 1. The Morgan fingerprint density at radius 1 is 0.967 bits per heavy atom. The smallest absolute Gasteiger partial charge is 0.336 e. The Kier molecular flexibility index (Phi) is 5.36. The number of imidazole rings is 1. The molecule has 4 rings (SSSR count). The van der Waals surface area contributed by atoms with Gasteiger partial charge in [-0.15, -0.1) is 0 Å². The fraction of sp³-hybridized carbons (Fsp3) is 0. The molecule has 3 amide bonds. The van der Waals surface area contributed by atoms with E-state index in [0.29, 0.717) is 17.1 Å². The molecule has 0 atom stereocenters. The van der Waals surface area contributed by atoms with Gasteiger partial charge in [-0.2, -0.15) is 0 Å². The highest BCUT2D eigenvalue weighted by Crippen LogP contribution is 2.22. The van der Waals surface area contributed by atoms with Crippen molar-refractivity contribution in [2.24, 2.45) is 0 Å². The minimum absolute atomic E-state index is 0.0503. The molecule has 3 N–H and O–H groups in total. The molecule has 3 aromatic carbocycles. The van der Waals surface area contributed by atoms with Crippen LogP contribution >= 0.6 is 12.8 Å². The Balaban J connectivity index is 1.41. The third kappa shape index (κ3) is 4.11. The van der Waals surface area contributed by atoms with E-state index in [1.54, 1.807) is 48.8 Å². The number of carbonyl (C=O) groups excluding carboxylic acids is 2. The second-order valence-electron chi connectivity index (χ2n) is 6.36. The first-order valence-corrected chi connectivity index (χ1v) is 9.30. The van der Waals surface area contributed by atoms with Crippen molar-refractivity contribution in [3.63, 3.8) is 0 Å². The summed E-state index contributed by atoms with van der Waals surface area (Å²) in [5.41, 5.74) is 3.06. The summed E-state index contributed by atoms with van der Waals surface area (Å²) in [5.74, 6) is -1.16. The van der Waals surface area contributed by atoms with E-state index in [2.05, 4.69) is 33.4 Å². The van der Waals surface area contributed by atoms with Crippen LogP contribution in [-0.4, -0.2) is 21.9 Å². The number of amides is 3. The Morgan fingerprint density at radius 3 is 2.47 bits per heavy atom. The van der Waals surface area contributed by atoms with Crippen molar-refractivity contribution < 1.29 is 14.0 Å². The van der Waals surface area contributed by atoms with E-state index in [1.807, 2.05) is 6.07 Å². The van der Waals surface area contributed by atoms with Crippen molar-refractivity contribution in [1.82, 2.24) is 9.97 Å². The molecule has 0 unspecified atom stereocenters. The van der Waals surface area contributed by atoms with Crippen LogP contribution in [0.15, 0.2) is 73.1 Å². The van der Waals surface area contributed by atoms with Crippen LogP contribution in [0.1, 0.15) is 10.4 Å². The molecule has 30 heavy (non-hydrogen) atoms. The van der Waals surface area contributed by atoms with Gasteiger partial charge in [0.1, 0.15) is 5.82 Å². The van der Waals surface area contributed by atoms with Crippen molar-refractivity contribution in [2.75, 3.05) is 14.9 Å². The SMILES string of the molecule is O=C(Nc1ccc(N(S)C(=O)Nc2ccc3[nH]cnc3c2)cc1)c1ccccc1F. The summed E-state index contributed by atoms with van der Waals surface area (Å²) in [5, 5.41) is 5.36. The Bertz CT molecular complexity index is 1230. The molecule has 4 aromatic rings. The first-order valence-electron chi connectivity index (χ1n) is 8.90. The Hall–Kier alpha value is -3.85. The second kappa shape index (κ2) is 8.26. The predicted octanol–water partition coefficient (Wildman–Crippen LogP) is 4.84. The predicted molar refractivity (Wildman–Crippen MR) is 117 cm³/mol. The van der Waals surface area contributed by atoms with E-state index in [-0.39, 0.29) is 5.56 Å². The van der Waals surface area contributed by atoms with Crippen molar-refractivity contribution in [3.05, 3.63) is 84.4 Å². The van der Waals surface area contributed by atoms with Crippen molar-refractivity contribution in [3.8, 4) is 0 Å². The summed E-state index contributed by atoms with van der Waals surface area (Å²) >= 11 is 4.24. The average molecular weight is 421 g/mol. The lowest BCUT2D eigenvalue weighted by Crippen LogP contribution is -2.26. The number of halogens is 1. The maximum atomic E-state index is 13.7. The molecule has 9 heteroatoms. The molecule has 0 aliphatic heterocycles. The van der Waals surface area contributed by atoms with Gasteiger partial charge in [0, 0.05) is 11.4 Å². The first-order chi connectivity index (χ1) is 14.5. The number of rotatable bonds is 4.